The largest absolute Gasteiger partial charge is 0.338 e. The number of H-pyrrole nitrogens is 1. The van der Waals surface area contributed by atoms with E-state index in [0.717, 1.165) is 35.4 Å². The van der Waals surface area contributed by atoms with Gasteiger partial charge in [-0.2, -0.15) is 5.10 Å². The van der Waals surface area contributed by atoms with Gasteiger partial charge in [-0.15, -0.1) is 12.4 Å². The van der Waals surface area contributed by atoms with E-state index in [4.69, 9.17) is 5.73 Å². The number of aromatic amines is 1. The van der Waals surface area contributed by atoms with Gasteiger partial charge in [-0.05, 0) is 24.1 Å². The maximum atomic E-state index is 12.9. The number of nitrogens with two attached hydrogens (primary N) is 1. The third kappa shape index (κ3) is 3.89. The Kier molecular flexibility index (Phi) is 5.94. The van der Waals surface area contributed by atoms with Crippen molar-refractivity contribution in [1.82, 2.24) is 15.1 Å². The van der Waals surface area contributed by atoms with Crippen molar-refractivity contribution in [2.24, 2.45) is 5.73 Å². The normalized spacial score (nSPS) is 13.4. The van der Waals surface area contributed by atoms with Gasteiger partial charge in [0.15, 0.2) is 0 Å². The molecule has 0 spiro atoms. The van der Waals surface area contributed by atoms with Crippen LogP contribution in [0.25, 0.3) is 11.3 Å². The third-order valence-electron chi connectivity index (χ3n) is 4.96. The van der Waals surface area contributed by atoms with Crippen LogP contribution in [0.4, 0.5) is 0 Å². The van der Waals surface area contributed by atoms with Gasteiger partial charge < -0.3 is 10.6 Å². The summed E-state index contributed by atoms with van der Waals surface area (Å²) in [5.74, 6) is 0.0691. The van der Waals surface area contributed by atoms with Crippen LogP contribution in [-0.4, -0.2) is 34.1 Å². The smallest absolute Gasteiger partial charge is 0.253 e. The topological polar surface area (TPSA) is 75.0 Å². The lowest BCUT2D eigenvalue weighted by Gasteiger charge is -2.20. The van der Waals surface area contributed by atoms with Crippen LogP contribution >= 0.6 is 12.4 Å². The summed E-state index contributed by atoms with van der Waals surface area (Å²) in [6.45, 7) is 1.82. The van der Waals surface area contributed by atoms with Gasteiger partial charge in [-0.25, -0.2) is 0 Å². The van der Waals surface area contributed by atoms with Crippen molar-refractivity contribution in [2.45, 2.75) is 19.4 Å². The van der Waals surface area contributed by atoms with Crippen LogP contribution in [0.3, 0.4) is 0 Å². The van der Waals surface area contributed by atoms with Crippen molar-refractivity contribution in [1.29, 1.82) is 0 Å². The average molecular weight is 383 g/mol. The van der Waals surface area contributed by atoms with Crippen LogP contribution < -0.4 is 5.73 Å². The summed E-state index contributed by atoms with van der Waals surface area (Å²) in [6.07, 6.45) is 1.59. The minimum atomic E-state index is 0. The first-order valence-electron chi connectivity index (χ1n) is 8.96. The zero-order valence-corrected chi connectivity index (χ0v) is 15.8. The first-order chi connectivity index (χ1) is 12.8. The Labute approximate surface area is 165 Å². The molecule has 0 atom stereocenters. The summed E-state index contributed by atoms with van der Waals surface area (Å²) in [5, 5.41) is 7.70. The molecule has 5 nitrogen and oxygen atoms in total. The highest BCUT2D eigenvalue weighted by Crippen LogP contribution is 2.26. The monoisotopic (exact) mass is 382 g/mol. The van der Waals surface area contributed by atoms with Crippen LogP contribution in [0, 0.1) is 0 Å². The Hall–Kier alpha value is -2.63. The van der Waals surface area contributed by atoms with Gasteiger partial charge in [0, 0.05) is 48.4 Å². The van der Waals surface area contributed by atoms with Gasteiger partial charge in [-0.3, -0.25) is 9.89 Å². The number of hydrogen-bond donors (Lipinski definition) is 2. The van der Waals surface area contributed by atoms with Crippen LogP contribution in [0.2, 0.25) is 0 Å². The lowest BCUT2D eigenvalue weighted by molar-refractivity contribution is 0.0762. The summed E-state index contributed by atoms with van der Waals surface area (Å²) in [7, 11) is 0. The summed E-state index contributed by atoms with van der Waals surface area (Å²) in [5.41, 5.74) is 11.9. The maximum Gasteiger partial charge on any atom is 0.253 e. The molecule has 6 heteroatoms. The standard InChI is InChI=1S/C21H22N4O.ClH/c22-14-15-5-4-8-17(13-15)21(26)25-11-9-18-19(10-12-25)23-24-20(18)16-6-2-1-3-7-16;/h1-8,13H,9-12,14,22H2,(H,23,24);1H. The molecule has 1 amide bonds. The molecule has 140 valence electrons. The van der Waals surface area contributed by atoms with Crippen molar-refractivity contribution in [3.8, 4) is 11.3 Å². The summed E-state index contributed by atoms with van der Waals surface area (Å²) in [6, 6.07) is 17.8. The molecule has 3 N–H and O–H groups in total. The first kappa shape index (κ1) is 19.1. The molecule has 1 aromatic heterocycles. The lowest BCUT2D eigenvalue weighted by Crippen LogP contribution is -2.33. The van der Waals surface area contributed by atoms with Gasteiger partial charge in [0.25, 0.3) is 5.91 Å². The van der Waals surface area contributed by atoms with E-state index in [-0.39, 0.29) is 18.3 Å². The van der Waals surface area contributed by atoms with E-state index in [0.29, 0.717) is 25.2 Å². The van der Waals surface area contributed by atoms with Crippen molar-refractivity contribution < 1.29 is 4.79 Å². The van der Waals surface area contributed by atoms with Gasteiger partial charge in [0.2, 0.25) is 0 Å². The number of nitrogens with one attached hydrogen (secondary N) is 1. The number of amides is 1. The second-order valence-corrected chi connectivity index (χ2v) is 6.59. The van der Waals surface area contributed by atoms with Crippen LogP contribution in [-0.2, 0) is 19.4 Å². The molecule has 1 aliphatic rings. The minimum Gasteiger partial charge on any atom is -0.338 e. The second kappa shape index (κ2) is 8.37. The molecule has 2 aromatic carbocycles. The summed E-state index contributed by atoms with van der Waals surface area (Å²) < 4.78 is 0. The van der Waals surface area contributed by atoms with Crippen LogP contribution in [0.1, 0.15) is 27.2 Å². The Morgan fingerprint density at radius 2 is 1.85 bits per heavy atom. The molecule has 1 aliphatic heterocycles. The molecular formula is C21H23ClN4O. The highest BCUT2D eigenvalue weighted by atomic mass is 35.5. The van der Waals surface area contributed by atoms with Crippen molar-refractivity contribution in [2.75, 3.05) is 13.1 Å². The number of halogens is 1. The lowest BCUT2D eigenvalue weighted by atomic mass is 10.0. The minimum absolute atomic E-state index is 0. The zero-order valence-electron chi connectivity index (χ0n) is 15.0. The van der Waals surface area contributed by atoms with E-state index in [1.54, 1.807) is 0 Å². The van der Waals surface area contributed by atoms with E-state index >= 15 is 0 Å². The maximum absolute atomic E-state index is 12.9. The molecule has 4 rings (SSSR count). The van der Waals surface area contributed by atoms with E-state index < -0.39 is 0 Å². The highest BCUT2D eigenvalue weighted by Gasteiger charge is 2.23. The number of aromatic nitrogens is 2. The average Bonchev–Trinajstić information content (AvgIpc) is 2.99. The number of carbonyl (C=O) groups excluding carboxylic acids is 1. The molecule has 2 heterocycles. The fourth-order valence-corrected chi connectivity index (χ4v) is 3.53. The Balaban J connectivity index is 0.00000210. The fraction of sp³-hybridized carbons (Fsp3) is 0.238. The van der Waals surface area contributed by atoms with Crippen LogP contribution in [0.5, 0.6) is 0 Å². The third-order valence-corrected chi connectivity index (χ3v) is 4.96. The number of rotatable bonds is 3. The number of benzene rings is 2. The summed E-state index contributed by atoms with van der Waals surface area (Å²) in [4.78, 5) is 14.8. The second-order valence-electron chi connectivity index (χ2n) is 6.59. The van der Waals surface area contributed by atoms with Crippen molar-refractivity contribution >= 4 is 18.3 Å². The predicted molar refractivity (Wildman–Crippen MR) is 109 cm³/mol. The Morgan fingerprint density at radius 1 is 1.07 bits per heavy atom. The molecule has 0 saturated heterocycles. The van der Waals surface area contributed by atoms with Gasteiger partial charge in [-0.1, -0.05) is 42.5 Å². The Bertz CT molecular complexity index is 923. The number of carbonyl (C=O) groups is 1. The summed E-state index contributed by atoms with van der Waals surface area (Å²) >= 11 is 0. The molecule has 3 aromatic rings. The molecular weight excluding hydrogens is 360 g/mol. The quantitative estimate of drug-likeness (QED) is 0.730. The van der Waals surface area contributed by atoms with Gasteiger partial charge in [0.1, 0.15) is 0 Å². The number of hydrogen-bond acceptors (Lipinski definition) is 3. The van der Waals surface area contributed by atoms with Crippen molar-refractivity contribution in [3.05, 3.63) is 77.0 Å². The molecule has 0 fully saturated rings. The molecule has 0 bridgehead atoms. The van der Waals surface area contributed by atoms with Gasteiger partial charge >= 0.3 is 0 Å². The van der Waals surface area contributed by atoms with E-state index in [9.17, 15) is 4.79 Å². The van der Waals surface area contributed by atoms with E-state index in [1.165, 1.54) is 5.56 Å². The van der Waals surface area contributed by atoms with E-state index in [2.05, 4.69) is 22.3 Å². The van der Waals surface area contributed by atoms with Gasteiger partial charge in [0.05, 0.1) is 5.69 Å². The first-order valence-corrected chi connectivity index (χ1v) is 8.96. The SMILES string of the molecule is Cl.NCc1cccc(C(=O)N2CCc3[nH]nc(-c4ccccc4)c3CC2)c1. The predicted octanol–water partition coefficient (Wildman–Crippen LogP) is 3.20. The molecule has 0 aliphatic carbocycles. The fourth-order valence-electron chi connectivity index (χ4n) is 3.53. The molecule has 0 unspecified atom stereocenters. The zero-order chi connectivity index (χ0) is 17.9. The Morgan fingerprint density at radius 3 is 2.63 bits per heavy atom. The number of fused-ring (bicyclic) bond motifs is 1. The molecule has 0 radical (unpaired) electrons. The van der Waals surface area contributed by atoms with Crippen LogP contribution in [0.15, 0.2) is 54.6 Å². The molecule has 27 heavy (non-hydrogen) atoms. The van der Waals surface area contributed by atoms with E-state index in [1.807, 2.05) is 47.4 Å². The number of nitrogens with zero attached hydrogens (tertiary/aromatic N) is 2. The highest BCUT2D eigenvalue weighted by molar-refractivity contribution is 5.94. The van der Waals surface area contributed by atoms with Crippen molar-refractivity contribution in [3.63, 3.8) is 0 Å². The molecule has 0 saturated carbocycles.